The van der Waals surface area contributed by atoms with E-state index in [-0.39, 0.29) is 11.7 Å². The molecule has 0 atom stereocenters. The number of nitrogens with one attached hydrogen (secondary N) is 1. The Bertz CT molecular complexity index is 532. The fourth-order valence-corrected chi connectivity index (χ4v) is 2.40. The molecule has 0 spiro atoms. The fourth-order valence-electron chi connectivity index (χ4n) is 1.37. The molecule has 18 heavy (non-hydrogen) atoms. The molecule has 0 saturated carbocycles. The summed E-state index contributed by atoms with van der Waals surface area (Å²) in [7, 11) is 0. The molecule has 0 unspecified atom stereocenters. The van der Waals surface area contributed by atoms with Gasteiger partial charge in [-0.25, -0.2) is 0 Å². The maximum atomic E-state index is 12.2. The highest BCUT2D eigenvalue weighted by Gasteiger charge is 2.22. The van der Waals surface area contributed by atoms with Crippen LogP contribution in [0.25, 0.3) is 6.08 Å². The van der Waals surface area contributed by atoms with Crippen molar-refractivity contribution in [2.45, 2.75) is 6.61 Å². The van der Waals surface area contributed by atoms with Crippen LogP contribution in [0.4, 0.5) is 8.78 Å². The lowest BCUT2D eigenvalue weighted by molar-refractivity contribution is -0.115. The second-order valence-electron chi connectivity index (χ2n) is 3.27. The third-order valence-electron chi connectivity index (χ3n) is 2.06. The zero-order valence-corrected chi connectivity index (χ0v) is 10.5. The molecule has 1 fully saturated rings. The zero-order valence-electron chi connectivity index (χ0n) is 8.85. The van der Waals surface area contributed by atoms with Crippen molar-refractivity contribution in [2.75, 3.05) is 0 Å². The molecule has 1 saturated heterocycles. The minimum Gasteiger partial charge on any atom is -0.434 e. The van der Waals surface area contributed by atoms with Gasteiger partial charge in [-0.15, -0.1) is 0 Å². The van der Waals surface area contributed by atoms with E-state index in [1.54, 1.807) is 18.2 Å². The van der Waals surface area contributed by atoms with Crippen molar-refractivity contribution in [3.63, 3.8) is 0 Å². The van der Waals surface area contributed by atoms with Gasteiger partial charge in [0, 0.05) is 5.56 Å². The zero-order chi connectivity index (χ0) is 13.1. The van der Waals surface area contributed by atoms with E-state index in [0.717, 1.165) is 11.8 Å². The maximum absolute atomic E-state index is 12.2. The molecule has 1 aliphatic rings. The predicted molar refractivity (Wildman–Crippen MR) is 69.4 cm³/mol. The largest absolute Gasteiger partial charge is 0.434 e. The first-order valence-corrected chi connectivity index (χ1v) is 6.07. The third kappa shape index (κ3) is 3.05. The van der Waals surface area contributed by atoms with Crippen molar-refractivity contribution >= 4 is 40.3 Å². The van der Waals surface area contributed by atoms with Gasteiger partial charge in [-0.05, 0) is 12.1 Å². The number of halogens is 2. The number of para-hydroxylation sites is 1. The molecule has 7 heteroatoms. The molecule has 1 heterocycles. The first-order valence-electron chi connectivity index (χ1n) is 4.85. The van der Waals surface area contributed by atoms with E-state index in [1.165, 1.54) is 12.1 Å². The van der Waals surface area contributed by atoms with Gasteiger partial charge in [-0.3, -0.25) is 4.79 Å². The van der Waals surface area contributed by atoms with Crippen LogP contribution >= 0.6 is 24.0 Å². The molecule has 1 aromatic rings. The molecule has 1 N–H and O–H groups in total. The molecule has 3 nitrogen and oxygen atoms in total. The highest BCUT2D eigenvalue weighted by Crippen LogP contribution is 2.29. The number of ether oxygens (including phenoxy) is 1. The summed E-state index contributed by atoms with van der Waals surface area (Å²) in [4.78, 5) is 11.8. The normalized spacial score (nSPS) is 17.4. The van der Waals surface area contributed by atoms with Gasteiger partial charge in [0.1, 0.15) is 10.1 Å². The number of alkyl halides is 2. The minimum absolute atomic E-state index is 0.0196. The van der Waals surface area contributed by atoms with Gasteiger partial charge in [0.25, 0.3) is 5.91 Å². The van der Waals surface area contributed by atoms with Gasteiger partial charge in [0.2, 0.25) is 0 Å². The average molecular weight is 287 g/mol. The van der Waals surface area contributed by atoms with Crippen LogP contribution in [-0.2, 0) is 4.79 Å². The molecule has 94 valence electrons. The van der Waals surface area contributed by atoms with E-state index in [4.69, 9.17) is 12.2 Å². The van der Waals surface area contributed by atoms with Crippen LogP contribution in [-0.4, -0.2) is 16.8 Å². The molecule has 0 aliphatic carbocycles. The van der Waals surface area contributed by atoms with Crippen LogP contribution in [0.1, 0.15) is 5.56 Å². The lowest BCUT2D eigenvalue weighted by atomic mass is 10.2. The number of carbonyl (C=O) groups is 1. The van der Waals surface area contributed by atoms with Crippen LogP contribution in [0.15, 0.2) is 29.2 Å². The summed E-state index contributed by atoms with van der Waals surface area (Å²) in [6.45, 7) is -2.91. The Morgan fingerprint density at radius 3 is 2.72 bits per heavy atom. The number of carbonyl (C=O) groups excluding carboxylic acids is 1. The highest BCUT2D eigenvalue weighted by atomic mass is 32.2. The highest BCUT2D eigenvalue weighted by molar-refractivity contribution is 8.26. The van der Waals surface area contributed by atoms with Crippen LogP contribution in [0, 0.1) is 0 Å². The lowest BCUT2D eigenvalue weighted by Crippen LogP contribution is -2.17. The summed E-state index contributed by atoms with van der Waals surface area (Å²) >= 11 is 5.92. The van der Waals surface area contributed by atoms with Crippen molar-refractivity contribution in [1.82, 2.24) is 5.32 Å². The molecular weight excluding hydrogens is 280 g/mol. The Balaban J connectivity index is 2.31. The first kappa shape index (κ1) is 13.0. The summed E-state index contributed by atoms with van der Waals surface area (Å²) in [5, 5.41) is 2.45. The Kier molecular flexibility index (Phi) is 3.93. The van der Waals surface area contributed by atoms with E-state index in [9.17, 15) is 13.6 Å². The van der Waals surface area contributed by atoms with Gasteiger partial charge in [0.05, 0.1) is 4.91 Å². The van der Waals surface area contributed by atoms with Gasteiger partial charge >= 0.3 is 6.61 Å². The Hall–Kier alpha value is -1.47. The van der Waals surface area contributed by atoms with Crippen molar-refractivity contribution in [3.8, 4) is 5.75 Å². The minimum atomic E-state index is -2.91. The van der Waals surface area contributed by atoms with Crippen molar-refractivity contribution in [3.05, 3.63) is 34.7 Å². The van der Waals surface area contributed by atoms with E-state index in [0.29, 0.717) is 14.8 Å². The fraction of sp³-hybridized carbons (Fsp3) is 0.0909. The first-order chi connectivity index (χ1) is 8.56. The van der Waals surface area contributed by atoms with E-state index < -0.39 is 6.61 Å². The van der Waals surface area contributed by atoms with Crippen molar-refractivity contribution in [2.24, 2.45) is 0 Å². The van der Waals surface area contributed by atoms with E-state index in [1.807, 2.05) is 0 Å². The summed E-state index contributed by atoms with van der Waals surface area (Å²) in [6, 6.07) is 6.24. The second-order valence-corrected chi connectivity index (χ2v) is 4.99. The molecule has 0 radical (unpaired) electrons. The number of hydrogen-bond acceptors (Lipinski definition) is 4. The average Bonchev–Trinajstić information content (AvgIpc) is 2.59. The molecule has 1 aliphatic heterocycles. The molecule has 0 bridgehead atoms. The number of benzene rings is 1. The van der Waals surface area contributed by atoms with Gasteiger partial charge in [-0.2, -0.15) is 8.78 Å². The summed E-state index contributed by atoms with van der Waals surface area (Å²) in [5.74, 6) is -0.317. The number of rotatable bonds is 3. The molecule has 2 rings (SSSR count). The molecule has 1 aromatic carbocycles. The van der Waals surface area contributed by atoms with Crippen LogP contribution in [0.5, 0.6) is 5.75 Å². The van der Waals surface area contributed by atoms with E-state index >= 15 is 0 Å². The number of amides is 1. The molecular formula is C11H7F2NO2S2. The van der Waals surface area contributed by atoms with Crippen LogP contribution in [0.2, 0.25) is 0 Å². The Morgan fingerprint density at radius 2 is 2.11 bits per heavy atom. The summed E-state index contributed by atoms with van der Waals surface area (Å²) in [6.07, 6.45) is 1.47. The summed E-state index contributed by atoms with van der Waals surface area (Å²) in [5.41, 5.74) is 0.403. The lowest BCUT2D eigenvalue weighted by Gasteiger charge is -2.07. The number of hydrogen-bond donors (Lipinski definition) is 1. The smallest absolute Gasteiger partial charge is 0.387 e. The van der Waals surface area contributed by atoms with Crippen molar-refractivity contribution < 1.29 is 18.3 Å². The Morgan fingerprint density at radius 1 is 1.39 bits per heavy atom. The molecule has 0 aromatic heterocycles. The topological polar surface area (TPSA) is 38.3 Å². The maximum Gasteiger partial charge on any atom is 0.387 e. The van der Waals surface area contributed by atoms with Gasteiger partial charge in [-0.1, -0.05) is 42.2 Å². The number of thiocarbonyl (C=S) groups is 1. The standard InChI is InChI=1S/C11H7F2NO2S2/c12-10(13)16-7-4-2-1-3-6(7)5-8-9(15)14-11(17)18-8/h1-5,10H,(H,14,15,17). The van der Waals surface area contributed by atoms with Gasteiger partial charge < -0.3 is 10.1 Å². The quantitative estimate of drug-likeness (QED) is 0.685. The number of thioether (sulfide) groups is 1. The SMILES string of the molecule is O=C1NC(=S)SC1=Cc1ccccc1OC(F)F. The van der Waals surface area contributed by atoms with E-state index in [2.05, 4.69) is 10.1 Å². The van der Waals surface area contributed by atoms with Crippen LogP contribution < -0.4 is 10.1 Å². The van der Waals surface area contributed by atoms with Crippen molar-refractivity contribution in [1.29, 1.82) is 0 Å². The Labute approximate surface area is 111 Å². The summed E-state index contributed by atoms with van der Waals surface area (Å²) < 4.78 is 29.1. The molecule has 1 amide bonds. The van der Waals surface area contributed by atoms with Gasteiger partial charge in [0.15, 0.2) is 0 Å². The van der Waals surface area contributed by atoms with Crippen LogP contribution in [0.3, 0.4) is 0 Å². The second kappa shape index (κ2) is 5.45. The monoisotopic (exact) mass is 287 g/mol. The predicted octanol–water partition coefficient (Wildman–Crippen LogP) is 2.78. The third-order valence-corrected chi connectivity index (χ3v) is 3.23.